The second kappa shape index (κ2) is 4.70. The number of nitrogens with zero attached hydrogens (tertiary/aromatic N) is 2. The monoisotopic (exact) mass is 259 g/mol. The molecule has 1 atom stereocenters. The number of aryl methyl sites for hydroxylation is 1. The Morgan fingerprint density at radius 3 is 2.86 bits per heavy atom. The Kier molecular flexibility index (Phi) is 3.83. The molecule has 14 heavy (non-hydrogen) atoms. The molecule has 1 aromatic heterocycles. The first kappa shape index (κ1) is 11.4. The first-order valence-electron chi connectivity index (χ1n) is 4.47. The molecule has 0 aliphatic rings. The molecule has 78 valence electrons. The van der Waals surface area contributed by atoms with Gasteiger partial charge in [-0.15, -0.1) is 0 Å². The maximum absolute atomic E-state index is 11.8. The van der Waals surface area contributed by atoms with E-state index in [9.17, 15) is 4.79 Å². The number of carbonyl (C=O) groups is 1. The number of aromatic nitrogens is 2. The molecule has 0 saturated heterocycles. The fourth-order valence-corrected chi connectivity index (χ4v) is 1.79. The number of carbonyl (C=O) groups excluding carboxylic acids is 1. The van der Waals surface area contributed by atoms with Gasteiger partial charge < -0.3 is 5.73 Å². The van der Waals surface area contributed by atoms with Crippen molar-refractivity contribution >= 4 is 21.7 Å². The minimum atomic E-state index is 0.0785. The van der Waals surface area contributed by atoms with Crippen molar-refractivity contribution in [1.82, 2.24) is 9.78 Å². The molecule has 1 heterocycles. The van der Waals surface area contributed by atoms with E-state index in [4.69, 9.17) is 5.73 Å². The molecular weight excluding hydrogens is 246 g/mol. The zero-order chi connectivity index (χ0) is 10.7. The standard InChI is InChI=1S/C9H14BrN3O/c1-6(4-11)3-8(14)9-7(10)5-12-13(9)2/h5-6H,3-4,11H2,1-2H3. The Bertz CT molecular complexity index is 315. The van der Waals surface area contributed by atoms with Gasteiger partial charge in [0.15, 0.2) is 5.78 Å². The predicted molar refractivity (Wildman–Crippen MR) is 58.1 cm³/mol. The molecule has 5 heteroatoms. The van der Waals surface area contributed by atoms with Crippen LogP contribution in [0.3, 0.4) is 0 Å². The van der Waals surface area contributed by atoms with Crippen molar-refractivity contribution in [3.05, 3.63) is 16.4 Å². The first-order chi connectivity index (χ1) is 6.56. The van der Waals surface area contributed by atoms with Gasteiger partial charge in [0.05, 0.1) is 10.7 Å². The van der Waals surface area contributed by atoms with E-state index in [1.165, 1.54) is 0 Å². The zero-order valence-corrected chi connectivity index (χ0v) is 9.91. The van der Waals surface area contributed by atoms with Crippen LogP contribution >= 0.6 is 15.9 Å². The summed E-state index contributed by atoms with van der Waals surface area (Å²) in [6, 6.07) is 0. The van der Waals surface area contributed by atoms with Crippen LogP contribution in [0.15, 0.2) is 10.7 Å². The fourth-order valence-electron chi connectivity index (χ4n) is 1.22. The average molecular weight is 260 g/mol. The molecule has 0 radical (unpaired) electrons. The van der Waals surface area contributed by atoms with Gasteiger partial charge in [-0.2, -0.15) is 5.10 Å². The third-order valence-electron chi connectivity index (χ3n) is 2.09. The summed E-state index contributed by atoms with van der Waals surface area (Å²) in [5.41, 5.74) is 6.08. The molecular formula is C9H14BrN3O. The van der Waals surface area contributed by atoms with E-state index in [0.29, 0.717) is 18.7 Å². The van der Waals surface area contributed by atoms with Crippen LogP contribution in [0.1, 0.15) is 23.8 Å². The fraction of sp³-hybridized carbons (Fsp3) is 0.556. The molecule has 0 fully saturated rings. The summed E-state index contributed by atoms with van der Waals surface area (Å²) in [6.07, 6.45) is 2.09. The highest BCUT2D eigenvalue weighted by Gasteiger charge is 2.16. The maximum Gasteiger partial charge on any atom is 0.182 e. The number of Topliss-reactive ketones (excluding diaryl/α,β-unsaturated/α-hetero) is 1. The van der Waals surface area contributed by atoms with Gasteiger partial charge in [0.1, 0.15) is 5.69 Å². The second-order valence-corrected chi connectivity index (χ2v) is 4.29. The van der Waals surface area contributed by atoms with Gasteiger partial charge in [-0.05, 0) is 28.4 Å². The molecule has 1 aromatic rings. The lowest BCUT2D eigenvalue weighted by Crippen LogP contribution is -2.17. The molecule has 2 N–H and O–H groups in total. The Morgan fingerprint density at radius 1 is 1.79 bits per heavy atom. The van der Waals surface area contributed by atoms with Crippen molar-refractivity contribution in [2.45, 2.75) is 13.3 Å². The van der Waals surface area contributed by atoms with Crippen molar-refractivity contribution in [2.24, 2.45) is 18.7 Å². The van der Waals surface area contributed by atoms with Crippen LogP contribution in [0.4, 0.5) is 0 Å². The summed E-state index contributed by atoms with van der Waals surface area (Å²) in [4.78, 5) is 11.8. The molecule has 0 saturated carbocycles. The normalized spacial score (nSPS) is 12.9. The number of hydrogen-bond acceptors (Lipinski definition) is 3. The summed E-state index contributed by atoms with van der Waals surface area (Å²) in [5, 5.41) is 3.99. The number of hydrogen-bond donors (Lipinski definition) is 1. The Hall–Kier alpha value is -0.680. The number of rotatable bonds is 4. The third kappa shape index (κ3) is 2.42. The average Bonchev–Trinajstić information content (AvgIpc) is 2.46. The van der Waals surface area contributed by atoms with Crippen molar-refractivity contribution in [1.29, 1.82) is 0 Å². The third-order valence-corrected chi connectivity index (χ3v) is 2.67. The highest BCUT2D eigenvalue weighted by atomic mass is 79.9. The highest BCUT2D eigenvalue weighted by Crippen LogP contribution is 2.18. The van der Waals surface area contributed by atoms with Crippen LogP contribution in [0.5, 0.6) is 0 Å². The van der Waals surface area contributed by atoms with Gasteiger partial charge in [0.2, 0.25) is 0 Å². The van der Waals surface area contributed by atoms with Gasteiger partial charge in [0.25, 0.3) is 0 Å². The van der Waals surface area contributed by atoms with E-state index in [1.807, 2.05) is 6.92 Å². The van der Waals surface area contributed by atoms with E-state index < -0.39 is 0 Å². The predicted octanol–water partition coefficient (Wildman–Crippen LogP) is 1.35. The number of ketones is 1. The van der Waals surface area contributed by atoms with Crippen LogP contribution in [0.25, 0.3) is 0 Å². The van der Waals surface area contributed by atoms with Crippen LogP contribution in [0, 0.1) is 5.92 Å². The Balaban J connectivity index is 2.79. The van der Waals surface area contributed by atoms with Gasteiger partial charge in [-0.1, -0.05) is 6.92 Å². The van der Waals surface area contributed by atoms with E-state index in [2.05, 4.69) is 21.0 Å². The summed E-state index contributed by atoms with van der Waals surface area (Å²) < 4.78 is 2.32. The molecule has 0 aliphatic carbocycles. The number of halogens is 1. The minimum Gasteiger partial charge on any atom is -0.330 e. The lowest BCUT2D eigenvalue weighted by atomic mass is 10.0. The van der Waals surface area contributed by atoms with Crippen molar-refractivity contribution in [2.75, 3.05) is 6.54 Å². The summed E-state index contributed by atoms with van der Waals surface area (Å²) in [5.74, 6) is 0.291. The number of nitrogens with two attached hydrogens (primary N) is 1. The van der Waals surface area contributed by atoms with E-state index in [-0.39, 0.29) is 11.7 Å². The first-order valence-corrected chi connectivity index (χ1v) is 5.26. The second-order valence-electron chi connectivity index (χ2n) is 3.43. The minimum absolute atomic E-state index is 0.0785. The Labute approximate surface area is 91.6 Å². The van der Waals surface area contributed by atoms with Crippen molar-refractivity contribution in [3.8, 4) is 0 Å². The van der Waals surface area contributed by atoms with Crippen molar-refractivity contribution in [3.63, 3.8) is 0 Å². The lowest BCUT2D eigenvalue weighted by Gasteiger charge is -2.07. The van der Waals surface area contributed by atoms with Crippen molar-refractivity contribution < 1.29 is 4.79 Å². The van der Waals surface area contributed by atoms with Gasteiger partial charge in [-0.3, -0.25) is 9.48 Å². The quantitative estimate of drug-likeness (QED) is 0.831. The van der Waals surface area contributed by atoms with E-state index in [0.717, 1.165) is 4.47 Å². The zero-order valence-electron chi connectivity index (χ0n) is 8.33. The van der Waals surface area contributed by atoms with Crippen LogP contribution in [0.2, 0.25) is 0 Å². The summed E-state index contributed by atoms with van der Waals surface area (Å²) >= 11 is 3.29. The molecule has 1 unspecified atom stereocenters. The largest absolute Gasteiger partial charge is 0.330 e. The van der Waals surface area contributed by atoms with E-state index >= 15 is 0 Å². The maximum atomic E-state index is 11.8. The molecule has 0 bridgehead atoms. The molecule has 0 aromatic carbocycles. The molecule has 0 amide bonds. The SMILES string of the molecule is CC(CN)CC(=O)c1c(Br)cnn1C. The van der Waals surface area contributed by atoms with Crippen LogP contribution in [-0.2, 0) is 7.05 Å². The van der Waals surface area contributed by atoms with Gasteiger partial charge >= 0.3 is 0 Å². The Morgan fingerprint density at radius 2 is 2.43 bits per heavy atom. The van der Waals surface area contributed by atoms with Crippen LogP contribution < -0.4 is 5.73 Å². The summed E-state index contributed by atoms with van der Waals surface area (Å²) in [7, 11) is 1.76. The molecule has 0 aliphatic heterocycles. The summed E-state index contributed by atoms with van der Waals surface area (Å²) in [6.45, 7) is 2.49. The van der Waals surface area contributed by atoms with Crippen LogP contribution in [-0.4, -0.2) is 22.1 Å². The molecule has 0 spiro atoms. The van der Waals surface area contributed by atoms with E-state index in [1.54, 1.807) is 17.9 Å². The van der Waals surface area contributed by atoms with Gasteiger partial charge in [-0.25, -0.2) is 0 Å². The molecule has 4 nitrogen and oxygen atoms in total. The van der Waals surface area contributed by atoms with Gasteiger partial charge in [0, 0.05) is 13.5 Å². The smallest absolute Gasteiger partial charge is 0.182 e. The lowest BCUT2D eigenvalue weighted by molar-refractivity contribution is 0.0956. The molecule has 1 rings (SSSR count). The topological polar surface area (TPSA) is 60.9 Å². The highest BCUT2D eigenvalue weighted by molar-refractivity contribution is 9.10.